The average molecular weight is 536 g/mol. The Balaban J connectivity index is 3.37. The van der Waals surface area contributed by atoms with Crippen LogP contribution in [0.2, 0.25) is 0 Å². The highest BCUT2D eigenvalue weighted by atomic mass is 32.1. The number of thiol groups is 1. The maximum absolute atomic E-state index is 13.9. The second kappa shape index (κ2) is 16.6. The monoisotopic (exact) mass is 535 g/mol. The first kappa shape index (κ1) is 32.8. The number of unbranched alkanes of at least 4 members (excludes halogenated alkanes) is 5. The Hall–Kier alpha value is -2.22. The van der Waals surface area contributed by atoms with Crippen LogP contribution in [0, 0.1) is 13.8 Å². The van der Waals surface area contributed by atoms with Gasteiger partial charge in [0.05, 0.1) is 0 Å². The lowest BCUT2D eigenvalue weighted by Crippen LogP contribution is -2.54. The second-order valence-corrected chi connectivity index (χ2v) is 11.1. The molecule has 0 heterocycles. The molecule has 0 fully saturated rings. The summed E-state index contributed by atoms with van der Waals surface area (Å²) in [5, 5.41) is 5.72. The van der Waals surface area contributed by atoms with E-state index in [0.717, 1.165) is 61.6 Å². The van der Waals surface area contributed by atoms with Gasteiger partial charge in [-0.25, -0.2) is 4.79 Å². The summed E-state index contributed by atoms with van der Waals surface area (Å²) in [6.07, 6.45) is 6.09. The van der Waals surface area contributed by atoms with Crippen LogP contribution in [-0.4, -0.2) is 53.3 Å². The normalized spacial score (nSPS) is 13.0. The molecular weight excluding hydrogens is 486 g/mol. The number of nitrogens with zero attached hydrogens (tertiary/aromatic N) is 1. The van der Waals surface area contributed by atoms with Crippen molar-refractivity contribution in [2.75, 3.05) is 18.8 Å². The first-order chi connectivity index (χ1) is 17.4. The predicted octanol–water partition coefficient (Wildman–Crippen LogP) is 5.88. The number of aryl methyl sites for hydroxylation is 2. The third-order valence-corrected chi connectivity index (χ3v) is 6.56. The largest absolute Gasteiger partial charge is 0.444 e. The van der Waals surface area contributed by atoms with Crippen LogP contribution in [0.1, 0.15) is 102 Å². The fraction of sp³-hybridized carbons (Fsp3) is 0.690. The number of alkyl carbamates (subject to hydrolysis) is 1. The van der Waals surface area contributed by atoms with Crippen molar-refractivity contribution >= 4 is 30.5 Å². The number of benzene rings is 1. The van der Waals surface area contributed by atoms with E-state index in [1.54, 1.807) is 25.7 Å². The zero-order chi connectivity index (χ0) is 28.0. The predicted molar refractivity (Wildman–Crippen MR) is 154 cm³/mol. The van der Waals surface area contributed by atoms with Crippen LogP contribution < -0.4 is 10.6 Å². The minimum absolute atomic E-state index is 0.0846. The van der Waals surface area contributed by atoms with E-state index < -0.39 is 23.8 Å². The van der Waals surface area contributed by atoms with E-state index in [2.05, 4.69) is 37.1 Å². The maximum atomic E-state index is 13.9. The van der Waals surface area contributed by atoms with Gasteiger partial charge in [0.15, 0.2) is 0 Å². The van der Waals surface area contributed by atoms with Crippen LogP contribution >= 0.6 is 12.6 Å². The van der Waals surface area contributed by atoms with Crippen molar-refractivity contribution in [3.05, 3.63) is 34.9 Å². The van der Waals surface area contributed by atoms with E-state index in [0.29, 0.717) is 13.1 Å². The molecular formula is C29H49N3O4S. The number of hydrogen-bond acceptors (Lipinski definition) is 5. The average Bonchev–Trinajstić information content (AvgIpc) is 2.82. The summed E-state index contributed by atoms with van der Waals surface area (Å²) in [7, 11) is 0. The highest BCUT2D eigenvalue weighted by molar-refractivity contribution is 7.80. The Morgan fingerprint density at radius 2 is 1.62 bits per heavy atom. The minimum Gasteiger partial charge on any atom is -0.444 e. The fourth-order valence-electron chi connectivity index (χ4n) is 4.00. The van der Waals surface area contributed by atoms with Gasteiger partial charge in [-0.2, -0.15) is 12.6 Å². The first-order valence-corrected chi connectivity index (χ1v) is 14.3. The molecule has 3 amide bonds. The molecule has 8 heteroatoms. The third kappa shape index (κ3) is 11.8. The molecule has 2 atom stereocenters. The van der Waals surface area contributed by atoms with Crippen molar-refractivity contribution < 1.29 is 19.1 Å². The molecule has 37 heavy (non-hydrogen) atoms. The fourth-order valence-corrected chi connectivity index (χ4v) is 4.25. The smallest absolute Gasteiger partial charge is 0.408 e. The summed E-state index contributed by atoms with van der Waals surface area (Å²) in [6.45, 7) is 14.5. The highest BCUT2D eigenvalue weighted by Gasteiger charge is 2.35. The zero-order valence-electron chi connectivity index (χ0n) is 24.0. The second-order valence-electron chi connectivity index (χ2n) is 10.7. The van der Waals surface area contributed by atoms with Gasteiger partial charge in [-0.3, -0.25) is 9.59 Å². The summed E-state index contributed by atoms with van der Waals surface area (Å²) in [5.41, 5.74) is 2.23. The summed E-state index contributed by atoms with van der Waals surface area (Å²) in [6, 6.07) is 4.15. The van der Waals surface area contributed by atoms with E-state index in [1.165, 1.54) is 0 Å². The lowest BCUT2D eigenvalue weighted by molar-refractivity contribution is -0.142. The molecule has 1 aromatic carbocycles. The molecule has 7 nitrogen and oxygen atoms in total. The standard InChI is InChI=1S/C29H49N3O4S/c1-8-10-12-14-18-32(27(34)24(20-37)31-28(35)36-29(5,6)7)25(26(33)30-17-13-11-9-2)23-16-15-21(3)22(4)19-23/h15-16,19,24-25,37H,8-14,17-18,20H2,1-7H3,(H,30,33)(H,31,35). The molecule has 0 bridgehead atoms. The van der Waals surface area contributed by atoms with Crippen LogP contribution in [0.15, 0.2) is 18.2 Å². The molecule has 2 unspecified atom stereocenters. The number of carbonyl (C=O) groups excluding carboxylic acids is 3. The molecule has 1 rings (SSSR count). The van der Waals surface area contributed by atoms with Crippen molar-refractivity contribution in [3.63, 3.8) is 0 Å². The Labute approximate surface area is 229 Å². The molecule has 0 aromatic heterocycles. The lowest BCUT2D eigenvalue weighted by Gasteiger charge is -2.34. The number of ether oxygens (including phenoxy) is 1. The van der Waals surface area contributed by atoms with Gasteiger partial charge < -0.3 is 20.3 Å². The van der Waals surface area contributed by atoms with E-state index >= 15 is 0 Å². The Kier molecular flexibility index (Phi) is 14.7. The van der Waals surface area contributed by atoms with Gasteiger partial charge in [-0.05, 0) is 64.2 Å². The van der Waals surface area contributed by atoms with Gasteiger partial charge >= 0.3 is 6.09 Å². The van der Waals surface area contributed by atoms with Crippen molar-refractivity contribution in [3.8, 4) is 0 Å². The van der Waals surface area contributed by atoms with Gasteiger partial charge in [0.25, 0.3) is 0 Å². The van der Waals surface area contributed by atoms with Crippen LogP contribution in [0.3, 0.4) is 0 Å². The van der Waals surface area contributed by atoms with Gasteiger partial charge in [-0.1, -0.05) is 64.2 Å². The minimum atomic E-state index is -0.925. The molecule has 0 saturated heterocycles. The Morgan fingerprint density at radius 1 is 0.973 bits per heavy atom. The van der Waals surface area contributed by atoms with Crippen LogP contribution in [-0.2, 0) is 14.3 Å². The number of nitrogens with one attached hydrogen (secondary N) is 2. The molecule has 0 saturated carbocycles. The van der Waals surface area contributed by atoms with Gasteiger partial charge in [0.1, 0.15) is 17.7 Å². The topological polar surface area (TPSA) is 87.7 Å². The summed E-state index contributed by atoms with van der Waals surface area (Å²) in [4.78, 5) is 41.6. The molecule has 1 aromatic rings. The number of carbonyl (C=O) groups is 3. The van der Waals surface area contributed by atoms with Crippen molar-refractivity contribution in [1.29, 1.82) is 0 Å². The summed E-state index contributed by atoms with van der Waals surface area (Å²) < 4.78 is 5.38. The quantitative estimate of drug-likeness (QED) is 0.193. The number of hydrogen-bond donors (Lipinski definition) is 3. The van der Waals surface area contributed by atoms with Crippen LogP contribution in [0.25, 0.3) is 0 Å². The zero-order valence-corrected chi connectivity index (χ0v) is 24.9. The first-order valence-electron chi connectivity index (χ1n) is 13.7. The summed E-state index contributed by atoms with van der Waals surface area (Å²) in [5.74, 6) is -0.468. The highest BCUT2D eigenvalue weighted by Crippen LogP contribution is 2.26. The van der Waals surface area contributed by atoms with E-state index in [4.69, 9.17) is 4.74 Å². The van der Waals surface area contributed by atoms with E-state index in [-0.39, 0.29) is 17.6 Å². The molecule has 0 spiro atoms. The molecule has 210 valence electrons. The van der Waals surface area contributed by atoms with Gasteiger partial charge in [-0.15, -0.1) is 0 Å². The summed E-state index contributed by atoms with van der Waals surface area (Å²) >= 11 is 4.36. The van der Waals surface area contributed by atoms with Crippen LogP contribution in [0.5, 0.6) is 0 Å². The maximum Gasteiger partial charge on any atom is 0.408 e. The van der Waals surface area contributed by atoms with Crippen LogP contribution in [0.4, 0.5) is 4.79 Å². The Bertz CT molecular complexity index is 869. The third-order valence-electron chi connectivity index (χ3n) is 6.19. The van der Waals surface area contributed by atoms with E-state index in [9.17, 15) is 14.4 Å². The van der Waals surface area contributed by atoms with Crippen molar-refractivity contribution in [2.24, 2.45) is 0 Å². The molecule has 0 radical (unpaired) electrons. The van der Waals surface area contributed by atoms with Gasteiger partial charge in [0.2, 0.25) is 11.8 Å². The van der Waals surface area contributed by atoms with Gasteiger partial charge in [0, 0.05) is 18.8 Å². The van der Waals surface area contributed by atoms with E-state index in [1.807, 2.05) is 32.0 Å². The number of rotatable bonds is 15. The lowest BCUT2D eigenvalue weighted by atomic mass is 9.98. The SMILES string of the molecule is CCCCCCN(C(=O)C(CS)NC(=O)OC(C)(C)C)C(C(=O)NCCCCC)c1ccc(C)c(C)c1. The molecule has 0 aliphatic carbocycles. The Morgan fingerprint density at radius 3 is 2.19 bits per heavy atom. The van der Waals surface area contributed by atoms with Crippen molar-refractivity contribution in [2.45, 2.75) is 111 Å². The number of amides is 3. The molecule has 0 aliphatic rings. The molecule has 2 N–H and O–H groups in total. The van der Waals surface area contributed by atoms with Crippen molar-refractivity contribution in [1.82, 2.24) is 15.5 Å². The molecule has 0 aliphatic heterocycles.